The van der Waals surface area contributed by atoms with Crippen molar-refractivity contribution in [2.75, 3.05) is 19.8 Å². The first-order valence-corrected chi connectivity index (χ1v) is 32.1. The first kappa shape index (κ1) is 73.0. The smallest absolute Gasteiger partial charge is 0.335 e. The second-order valence-electron chi connectivity index (χ2n) is 29.3. The summed E-state index contributed by atoms with van der Waals surface area (Å²) >= 11 is 0. The van der Waals surface area contributed by atoms with Gasteiger partial charge in [-0.3, -0.25) is 0 Å². The number of carbonyl (C=O) groups is 3. The fourth-order valence-corrected chi connectivity index (χ4v) is 17.8. The molecule has 8 fully saturated rings. The van der Waals surface area contributed by atoms with Crippen LogP contribution in [-0.2, 0) is 61.8 Å². The van der Waals surface area contributed by atoms with E-state index in [4.69, 9.17) is 47.4 Å². The summed E-state index contributed by atoms with van der Waals surface area (Å²) in [6, 6.07) is 0. The van der Waals surface area contributed by atoms with E-state index in [0.29, 0.717) is 25.7 Å². The lowest BCUT2D eigenvalue weighted by Crippen LogP contribution is -2.76. The molecule has 0 radical (unpaired) electrons. The van der Waals surface area contributed by atoms with Crippen molar-refractivity contribution >= 4 is 17.9 Å². The fourth-order valence-electron chi connectivity index (χ4n) is 17.8. The van der Waals surface area contributed by atoms with Crippen LogP contribution in [0.1, 0.15) is 122 Å². The summed E-state index contributed by atoms with van der Waals surface area (Å²) in [6.45, 7) is 19.2. The van der Waals surface area contributed by atoms with Crippen LogP contribution in [0.5, 0.6) is 0 Å². The highest BCUT2D eigenvalue weighted by molar-refractivity contribution is 5.89. The number of allylic oxidation sites excluding steroid dienone is 3. The lowest BCUT2D eigenvalue weighted by atomic mass is 9.32. The Morgan fingerprint density at radius 2 is 1.10 bits per heavy atom. The molecule has 4 saturated heterocycles. The molecule has 9 aliphatic rings. The topological polar surface area (TPSA) is 447 Å². The molecule has 0 aromatic heterocycles. The van der Waals surface area contributed by atoms with Crippen LogP contribution in [0.25, 0.3) is 0 Å². The molecular formula is C64H100O28. The third-order valence-electron chi connectivity index (χ3n) is 23.8. The molecule has 92 heavy (non-hydrogen) atoms. The summed E-state index contributed by atoms with van der Waals surface area (Å²) in [6.07, 6.45) is -37.8. The highest BCUT2D eigenvalue weighted by Crippen LogP contribution is 2.76. The van der Waals surface area contributed by atoms with Crippen LogP contribution in [0, 0.1) is 50.2 Å². The summed E-state index contributed by atoms with van der Waals surface area (Å²) in [5.41, 5.74) is -4.87. The SMILES string of the molecule is C/C=C(\C)C(=O)OC1[C@H](OC(=O)/C(C)=C/C)[C@@]2(CO)C(CC1(C)C)C1=CCC3[C@@]4(C)CC[C@H](O[C@@H]5O[C@H](C(=O)O)[C@@H](O)[C@H](O[C@@H]6O[C@H](CO)[C@H](O)[C@H](O)[C@H]6O[C@@H]6O[C@@H](C)[C@H](O)[C@@H](O)[C@H]6O)[C@H]5O[C@@H]5O[C@H](CO)[C@@H](O)[C@H](O)[C@H]5O)C(C)(C)C4CC[C@@]3(C)[C@]1(C)[C@@H](O)[C@H]2O. The van der Waals surface area contributed by atoms with E-state index in [0.717, 1.165) is 5.57 Å². The van der Waals surface area contributed by atoms with Crippen LogP contribution in [0.15, 0.2) is 34.9 Å². The summed E-state index contributed by atoms with van der Waals surface area (Å²) < 4.78 is 61.7. The predicted octanol–water partition coefficient (Wildman–Crippen LogP) is -1.52. The van der Waals surface area contributed by atoms with Crippen molar-refractivity contribution in [3.63, 3.8) is 0 Å². The van der Waals surface area contributed by atoms with Gasteiger partial charge in [-0.05, 0) is 107 Å². The Balaban J connectivity index is 1.07. The normalized spacial score (nSPS) is 50.2. The third-order valence-corrected chi connectivity index (χ3v) is 23.8. The van der Waals surface area contributed by atoms with E-state index >= 15 is 0 Å². The van der Waals surface area contributed by atoms with Gasteiger partial charge in [0, 0.05) is 22.0 Å². The first-order valence-electron chi connectivity index (χ1n) is 32.1. The molecule has 28 nitrogen and oxygen atoms in total. The van der Waals surface area contributed by atoms with E-state index in [1.54, 1.807) is 39.8 Å². The Bertz CT molecular complexity index is 2760. The quantitative estimate of drug-likeness (QED) is 0.0361. The molecule has 0 amide bonds. The second-order valence-corrected chi connectivity index (χ2v) is 29.3. The van der Waals surface area contributed by atoms with E-state index in [9.17, 15) is 91.0 Å². The van der Waals surface area contributed by atoms with Gasteiger partial charge in [-0.15, -0.1) is 0 Å². The molecule has 15 N–H and O–H groups in total. The average Bonchev–Trinajstić information content (AvgIpc) is 0.663. The number of aliphatic hydroxyl groups is 14. The Hall–Kier alpha value is -3.25. The van der Waals surface area contributed by atoms with Gasteiger partial charge in [0.2, 0.25) is 0 Å². The van der Waals surface area contributed by atoms with Crippen molar-refractivity contribution in [3.8, 4) is 0 Å². The Labute approximate surface area is 534 Å². The maximum atomic E-state index is 13.9. The van der Waals surface area contributed by atoms with Gasteiger partial charge in [-0.2, -0.15) is 0 Å². The molecule has 28 heteroatoms. The highest BCUT2D eigenvalue weighted by atomic mass is 16.8. The second kappa shape index (κ2) is 26.9. The van der Waals surface area contributed by atoms with Gasteiger partial charge in [-0.1, -0.05) is 72.3 Å². The van der Waals surface area contributed by atoms with Crippen LogP contribution in [0.2, 0.25) is 0 Å². The number of carboxylic acids is 1. The summed E-state index contributed by atoms with van der Waals surface area (Å²) in [5, 5.41) is 170. The number of hydrogen-bond donors (Lipinski definition) is 15. The Morgan fingerprint density at radius 1 is 0.576 bits per heavy atom. The molecule has 9 rings (SSSR count). The van der Waals surface area contributed by atoms with E-state index < -0.39 is 229 Å². The number of fused-ring (bicyclic) bond motifs is 7. The van der Waals surface area contributed by atoms with Crippen molar-refractivity contribution in [1.29, 1.82) is 0 Å². The van der Waals surface area contributed by atoms with Gasteiger partial charge in [0.25, 0.3) is 0 Å². The molecule has 4 saturated carbocycles. The molecule has 0 aromatic rings. The van der Waals surface area contributed by atoms with Crippen LogP contribution in [0.4, 0.5) is 0 Å². The van der Waals surface area contributed by atoms with E-state index in [1.165, 1.54) is 6.92 Å². The monoisotopic (exact) mass is 1320 g/mol. The average molecular weight is 1320 g/mol. The van der Waals surface area contributed by atoms with Gasteiger partial charge < -0.3 is 124 Å². The van der Waals surface area contributed by atoms with Crippen molar-refractivity contribution in [3.05, 3.63) is 34.9 Å². The van der Waals surface area contributed by atoms with Crippen LogP contribution >= 0.6 is 0 Å². The lowest BCUT2D eigenvalue weighted by Gasteiger charge is -2.73. The molecule has 0 spiro atoms. The maximum Gasteiger partial charge on any atom is 0.335 e. The number of carbonyl (C=O) groups excluding carboxylic acids is 2. The zero-order valence-corrected chi connectivity index (χ0v) is 54.3. The molecule has 0 bridgehead atoms. The zero-order chi connectivity index (χ0) is 68.2. The summed E-state index contributed by atoms with van der Waals surface area (Å²) in [5.74, 6) is -4.35. The number of rotatable bonds is 16. The van der Waals surface area contributed by atoms with Crippen LogP contribution < -0.4 is 0 Å². The number of ether oxygens (including phenoxy) is 10. The van der Waals surface area contributed by atoms with Gasteiger partial charge in [-0.25, -0.2) is 14.4 Å². The lowest BCUT2D eigenvalue weighted by molar-refractivity contribution is -0.406. The molecular weight excluding hydrogens is 1220 g/mol. The molecule has 4 heterocycles. The predicted molar refractivity (Wildman–Crippen MR) is 314 cm³/mol. The molecule has 5 aliphatic carbocycles. The van der Waals surface area contributed by atoms with Crippen molar-refractivity contribution in [1.82, 2.24) is 0 Å². The molecule has 524 valence electrons. The fraction of sp³-hybridized carbons (Fsp3) is 0.859. The number of aliphatic hydroxyl groups excluding tert-OH is 14. The molecule has 0 aromatic carbocycles. The maximum absolute atomic E-state index is 13.9. The number of hydrogen-bond acceptors (Lipinski definition) is 27. The highest BCUT2D eigenvalue weighted by Gasteiger charge is 2.77. The van der Waals surface area contributed by atoms with Gasteiger partial charge in [0.15, 0.2) is 37.4 Å². The van der Waals surface area contributed by atoms with Crippen LogP contribution in [0.3, 0.4) is 0 Å². The van der Waals surface area contributed by atoms with E-state index in [1.807, 2.05) is 34.6 Å². The third kappa shape index (κ3) is 11.8. The number of esters is 2. The molecule has 4 aliphatic heterocycles. The van der Waals surface area contributed by atoms with Gasteiger partial charge >= 0.3 is 17.9 Å². The largest absolute Gasteiger partial charge is 0.479 e. The number of carboxylic acid groups (broad SMARTS) is 1. The minimum Gasteiger partial charge on any atom is -0.479 e. The Morgan fingerprint density at radius 3 is 1.66 bits per heavy atom. The molecule has 4 unspecified atom stereocenters. The van der Waals surface area contributed by atoms with Crippen molar-refractivity contribution in [2.45, 2.75) is 275 Å². The van der Waals surface area contributed by atoms with Crippen molar-refractivity contribution in [2.24, 2.45) is 50.2 Å². The first-order chi connectivity index (χ1) is 42.9. The summed E-state index contributed by atoms with van der Waals surface area (Å²) in [7, 11) is 0. The number of aliphatic carboxylic acids is 1. The minimum atomic E-state index is -2.31. The van der Waals surface area contributed by atoms with Gasteiger partial charge in [0.1, 0.15) is 91.6 Å². The van der Waals surface area contributed by atoms with E-state index in [2.05, 4.69) is 19.9 Å². The van der Waals surface area contributed by atoms with Gasteiger partial charge in [0.05, 0.1) is 49.7 Å². The Kier molecular flexibility index (Phi) is 21.3. The van der Waals surface area contributed by atoms with E-state index in [-0.39, 0.29) is 35.8 Å². The molecule has 32 atom stereocenters. The van der Waals surface area contributed by atoms with Crippen molar-refractivity contribution < 1.29 is 138 Å². The summed E-state index contributed by atoms with van der Waals surface area (Å²) in [4.78, 5) is 40.9. The minimum absolute atomic E-state index is 0.220. The zero-order valence-electron chi connectivity index (χ0n) is 54.3. The standard InChI is InChI=1S/C64H100O28/c1-13-25(3)53(81)91-50-51(92-54(82)26(4)14-2)64(24-67)29(21-59(50,6)7)28-15-16-33-61(10)19-18-34(60(8,9)32(61)17-20-62(33,11)63(28,12)48(77)49(64)78)86-58-47(90-56-42(75)39(72)36(69)30(22-65)84-56)44(43(76)45(88-58)52(79)80)87-57-46(40(73)37(70)31(23-66)85-57)89-55-41(74)38(71)35(68)27(5)83-55/h13-15,27,29-51,55-58,65-78H,16-24H2,1-12H3,(H,79,80)/b25-13+,26-14+/t27-,29?,30+,31+,32?,33?,34-,35-,36+,37-,38+,39-,40-,41+,42+,43-,44-,45-,46+,47+,48-,49+,50?,51-,55-,56-,57-,58+,61-,62+,63-,64-/m0/s1. The van der Waals surface area contributed by atoms with Crippen LogP contribution in [-0.4, -0.2) is 268 Å².